The number of H-pyrrole nitrogens is 1. The maximum absolute atomic E-state index is 13.1. The maximum atomic E-state index is 13.1. The molecule has 1 fully saturated rings. The van der Waals surface area contributed by atoms with Gasteiger partial charge in [0.25, 0.3) is 5.91 Å². The molecule has 1 saturated carbocycles. The van der Waals surface area contributed by atoms with Gasteiger partial charge < -0.3 is 10.3 Å². The summed E-state index contributed by atoms with van der Waals surface area (Å²) in [5.74, 6) is 0.393. The van der Waals surface area contributed by atoms with Crippen molar-refractivity contribution in [1.29, 1.82) is 0 Å². The van der Waals surface area contributed by atoms with Gasteiger partial charge in [-0.05, 0) is 50.2 Å². The van der Waals surface area contributed by atoms with Gasteiger partial charge in [-0.3, -0.25) is 4.79 Å². The molecule has 0 bridgehead atoms. The predicted octanol–water partition coefficient (Wildman–Crippen LogP) is 3.86. The first-order valence-electron chi connectivity index (χ1n) is 7.68. The number of hydrogen-bond acceptors (Lipinski definition) is 2. The van der Waals surface area contributed by atoms with Gasteiger partial charge in [-0.2, -0.15) is 0 Å². The van der Waals surface area contributed by atoms with E-state index in [0.29, 0.717) is 36.2 Å². The molecule has 0 unspecified atom stereocenters. The number of fused-ring (bicyclic) bond motifs is 1. The van der Waals surface area contributed by atoms with E-state index in [2.05, 4.69) is 15.3 Å². The second kappa shape index (κ2) is 6.65. The van der Waals surface area contributed by atoms with E-state index in [1.54, 1.807) is 18.3 Å². The Morgan fingerprint density at radius 3 is 2.91 bits per heavy atom. The Labute approximate surface area is 133 Å². The molecule has 1 aliphatic rings. The zero-order valence-corrected chi connectivity index (χ0v) is 13.0. The first-order chi connectivity index (χ1) is 10.6. The summed E-state index contributed by atoms with van der Waals surface area (Å²) in [5.41, 5.74) is 1.29. The average Bonchev–Trinajstić information content (AvgIpc) is 2.92. The van der Waals surface area contributed by atoms with Crippen molar-refractivity contribution in [2.24, 2.45) is 5.92 Å². The molecule has 4 nitrogen and oxygen atoms in total. The molecule has 2 N–H and O–H groups in total. The lowest BCUT2D eigenvalue weighted by atomic mass is 9.86. The minimum absolute atomic E-state index is 0.133. The molecular formula is C16H19ClFN3O. The van der Waals surface area contributed by atoms with E-state index in [9.17, 15) is 9.18 Å². The van der Waals surface area contributed by atoms with Crippen molar-refractivity contribution in [3.8, 4) is 0 Å². The quantitative estimate of drug-likeness (QED) is 0.839. The van der Waals surface area contributed by atoms with Crippen molar-refractivity contribution < 1.29 is 9.18 Å². The Hall–Kier alpha value is -1.62. The molecule has 118 valence electrons. The second-order valence-electron chi connectivity index (χ2n) is 5.94. The van der Waals surface area contributed by atoms with E-state index in [1.807, 2.05) is 0 Å². The summed E-state index contributed by atoms with van der Waals surface area (Å²) in [4.78, 5) is 19.2. The molecule has 1 aliphatic carbocycles. The topological polar surface area (TPSA) is 57.8 Å². The highest BCUT2D eigenvalue weighted by atomic mass is 35.5. The van der Waals surface area contributed by atoms with Crippen molar-refractivity contribution >= 4 is 28.4 Å². The lowest BCUT2D eigenvalue weighted by Gasteiger charge is -2.24. The molecule has 22 heavy (non-hydrogen) atoms. The van der Waals surface area contributed by atoms with Gasteiger partial charge in [-0.25, -0.2) is 9.37 Å². The highest BCUT2D eigenvalue weighted by molar-refractivity contribution is 6.30. The third-order valence-electron chi connectivity index (χ3n) is 4.33. The van der Waals surface area contributed by atoms with Crippen molar-refractivity contribution in [2.45, 2.75) is 38.3 Å². The van der Waals surface area contributed by atoms with Crippen molar-refractivity contribution in [3.05, 3.63) is 29.2 Å². The Bertz CT molecular complexity index is 664. The molecule has 2 aromatic rings. The molecular weight excluding hydrogens is 305 g/mol. The van der Waals surface area contributed by atoms with Gasteiger partial charge in [0.2, 0.25) is 0 Å². The van der Waals surface area contributed by atoms with Crippen LogP contribution >= 0.6 is 11.6 Å². The Balaban J connectivity index is 1.52. The monoisotopic (exact) mass is 323 g/mol. The Morgan fingerprint density at radius 2 is 2.14 bits per heavy atom. The van der Waals surface area contributed by atoms with Crippen LogP contribution in [0.15, 0.2) is 18.3 Å². The van der Waals surface area contributed by atoms with E-state index in [1.165, 1.54) is 0 Å². The van der Waals surface area contributed by atoms with Crippen LogP contribution in [0.5, 0.6) is 0 Å². The first-order valence-corrected chi connectivity index (χ1v) is 8.06. The van der Waals surface area contributed by atoms with Crippen LogP contribution in [-0.2, 0) is 0 Å². The number of aromatic amines is 1. The molecule has 0 spiro atoms. The van der Waals surface area contributed by atoms with Gasteiger partial charge in [-0.1, -0.05) is 11.6 Å². The molecule has 0 aromatic carbocycles. The third kappa shape index (κ3) is 3.58. The fourth-order valence-electron chi connectivity index (χ4n) is 3.02. The predicted molar refractivity (Wildman–Crippen MR) is 84.9 cm³/mol. The summed E-state index contributed by atoms with van der Waals surface area (Å²) >= 11 is 5.84. The molecule has 2 heterocycles. The number of halogens is 2. The highest BCUT2D eigenvalue weighted by Crippen LogP contribution is 2.28. The molecule has 0 radical (unpaired) electrons. The summed E-state index contributed by atoms with van der Waals surface area (Å²) in [6.07, 6.45) is 5.07. The highest BCUT2D eigenvalue weighted by Gasteiger charge is 2.20. The second-order valence-corrected chi connectivity index (χ2v) is 6.33. The molecule has 0 saturated heterocycles. The maximum Gasteiger partial charge on any atom is 0.267 e. The number of aromatic nitrogens is 2. The zero-order valence-electron chi connectivity index (χ0n) is 12.2. The molecule has 1 amide bonds. The number of carbonyl (C=O) groups is 1. The normalized spacial score (nSPS) is 21.9. The Kier molecular flexibility index (Phi) is 4.62. The fraction of sp³-hybridized carbons (Fsp3) is 0.500. The van der Waals surface area contributed by atoms with Gasteiger partial charge in [0.05, 0.1) is 11.7 Å². The smallest absolute Gasteiger partial charge is 0.267 e. The Morgan fingerprint density at radius 1 is 1.36 bits per heavy atom. The van der Waals surface area contributed by atoms with Crippen molar-refractivity contribution in [3.63, 3.8) is 0 Å². The first kappa shape index (κ1) is 15.3. The summed E-state index contributed by atoms with van der Waals surface area (Å²) in [7, 11) is 0. The van der Waals surface area contributed by atoms with Gasteiger partial charge in [0.15, 0.2) is 0 Å². The molecule has 3 rings (SSSR count). The molecule has 2 aromatic heterocycles. The van der Waals surface area contributed by atoms with Crippen LogP contribution < -0.4 is 5.32 Å². The standard InChI is InChI=1S/C16H19ClFN3O/c17-15-8-11-7-13(21-14(11)9-20-15)16(22)19-6-5-10-1-3-12(18)4-2-10/h7-10,12,21H,1-6H2,(H,19,22). The summed E-state index contributed by atoms with van der Waals surface area (Å²) in [5, 5.41) is 4.19. The van der Waals surface area contributed by atoms with E-state index < -0.39 is 6.17 Å². The SMILES string of the molecule is O=C(NCCC1CCC(F)CC1)c1cc2cc(Cl)ncc2[nH]1. The number of nitrogens with one attached hydrogen (secondary N) is 2. The molecule has 6 heteroatoms. The van der Waals surface area contributed by atoms with Crippen molar-refractivity contribution in [1.82, 2.24) is 15.3 Å². The lowest BCUT2D eigenvalue weighted by molar-refractivity contribution is 0.0944. The number of carbonyl (C=O) groups excluding carboxylic acids is 1. The van der Waals surface area contributed by atoms with Gasteiger partial charge >= 0.3 is 0 Å². The fourth-order valence-corrected chi connectivity index (χ4v) is 3.19. The molecule has 0 atom stereocenters. The van der Waals surface area contributed by atoms with Crippen LogP contribution in [0.3, 0.4) is 0 Å². The van der Waals surface area contributed by atoms with E-state index in [4.69, 9.17) is 11.6 Å². The van der Waals surface area contributed by atoms with E-state index in [-0.39, 0.29) is 5.91 Å². The number of amides is 1. The average molecular weight is 324 g/mol. The van der Waals surface area contributed by atoms with Gasteiger partial charge in [-0.15, -0.1) is 0 Å². The molecule has 0 aliphatic heterocycles. The van der Waals surface area contributed by atoms with Crippen molar-refractivity contribution in [2.75, 3.05) is 6.54 Å². The number of rotatable bonds is 4. The minimum atomic E-state index is -0.627. The van der Waals surface area contributed by atoms with Crippen LogP contribution in [0.25, 0.3) is 10.9 Å². The third-order valence-corrected chi connectivity index (χ3v) is 4.54. The zero-order chi connectivity index (χ0) is 15.5. The van der Waals surface area contributed by atoms with Crippen LogP contribution in [0.1, 0.15) is 42.6 Å². The number of pyridine rings is 1. The van der Waals surface area contributed by atoms with Crippen LogP contribution in [-0.4, -0.2) is 28.6 Å². The minimum Gasteiger partial charge on any atom is -0.351 e. The summed E-state index contributed by atoms with van der Waals surface area (Å²) < 4.78 is 13.1. The van der Waals surface area contributed by atoms with Gasteiger partial charge in [0, 0.05) is 11.9 Å². The van der Waals surface area contributed by atoms with Gasteiger partial charge in [0.1, 0.15) is 17.0 Å². The van der Waals surface area contributed by atoms with E-state index >= 15 is 0 Å². The largest absolute Gasteiger partial charge is 0.351 e. The summed E-state index contributed by atoms with van der Waals surface area (Å²) in [6.45, 7) is 0.620. The van der Waals surface area contributed by atoms with Crippen LogP contribution in [0, 0.1) is 5.92 Å². The van der Waals surface area contributed by atoms with Crippen LogP contribution in [0.4, 0.5) is 4.39 Å². The lowest BCUT2D eigenvalue weighted by Crippen LogP contribution is -2.27. The summed E-state index contributed by atoms with van der Waals surface area (Å²) in [6, 6.07) is 3.49. The number of hydrogen-bond donors (Lipinski definition) is 2. The van der Waals surface area contributed by atoms with E-state index in [0.717, 1.165) is 30.2 Å². The number of nitrogens with zero attached hydrogens (tertiary/aromatic N) is 1. The number of alkyl halides is 1. The van der Waals surface area contributed by atoms with Crippen LogP contribution in [0.2, 0.25) is 5.15 Å².